The molecular formula is C24H42O. The average molecular weight is 347 g/mol. The van der Waals surface area contributed by atoms with Gasteiger partial charge in [0.2, 0.25) is 0 Å². The lowest BCUT2D eigenvalue weighted by molar-refractivity contribution is -0.114. The van der Waals surface area contributed by atoms with Crippen molar-refractivity contribution < 1.29 is 5.11 Å². The first-order chi connectivity index (χ1) is 12.0. The molecule has 1 nitrogen and oxygen atoms in total. The Bertz CT molecular complexity index is 473. The van der Waals surface area contributed by atoms with Gasteiger partial charge in [-0.25, -0.2) is 0 Å². The van der Waals surface area contributed by atoms with Crippen molar-refractivity contribution in [3.05, 3.63) is 0 Å². The third-order valence-corrected chi connectivity index (χ3v) is 10.2. The number of aliphatic hydroxyl groups excluding tert-OH is 1. The first-order valence-corrected chi connectivity index (χ1v) is 11.6. The molecule has 4 saturated carbocycles. The topological polar surface area (TPSA) is 20.2 Å². The van der Waals surface area contributed by atoms with Crippen molar-refractivity contribution in [1.29, 1.82) is 0 Å². The van der Waals surface area contributed by atoms with Gasteiger partial charge in [-0.15, -0.1) is 0 Å². The van der Waals surface area contributed by atoms with Crippen LogP contribution in [0.5, 0.6) is 0 Å². The Hall–Kier alpha value is -0.0400. The van der Waals surface area contributed by atoms with E-state index in [0.717, 1.165) is 41.9 Å². The molecule has 4 aliphatic carbocycles. The maximum atomic E-state index is 9.25. The quantitative estimate of drug-likeness (QED) is 0.620. The summed E-state index contributed by atoms with van der Waals surface area (Å²) in [5, 5.41) is 9.25. The largest absolute Gasteiger partial charge is 0.396 e. The zero-order valence-electron chi connectivity index (χ0n) is 17.1. The lowest BCUT2D eigenvalue weighted by Gasteiger charge is -2.61. The van der Waals surface area contributed by atoms with Crippen LogP contribution in [0.2, 0.25) is 0 Å². The van der Waals surface area contributed by atoms with Gasteiger partial charge in [-0.2, -0.15) is 0 Å². The molecular weight excluding hydrogens is 304 g/mol. The predicted octanol–water partition coefficient (Wildman–Crippen LogP) is 6.44. The molecule has 144 valence electrons. The summed E-state index contributed by atoms with van der Waals surface area (Å²) in [6.07, 6.45) is 17.4. The van der Waals surface area contributed by atoms with Crippen LogP contribution in [0.15, 0.2) is 0 Å². The summed E-state index contributed by atoms with van der Waals surface area (Å²) in [5.41, 5.74) is 1.29. The fraction of sp³-hybridized carbons (Fsp3) is 1.00. The van der Waals surface area contributed by atoms with E-state index in [-0.39, 0.29) is 0 Å². The van der Waals surface area contributed by atoms with Gasteiger partial charge in [-0.05, 0) is 111 Å². The molecule has 0 bridgehead atoms. The highest BCUT2D eigenvalue weighted by Crippen LogP contribution is 2.68. The van der Waals surface area contributed by atoms with Crippen LogP contribution < -0.4 is 0 Å². The molecule has 0 spiro atoms. The minimum absolute atomic E-state index is 0.377. The third-order valence-electron chi connectivity index (χ3n) is 10.2. The molecule has 0 aromatic heterocycles. The second-order valence-electron chi connectivity index (χ2n) is 11.0. The van der Waals surface area contributed by atoms with Crippen LogP contribution >= 0.6 is 0 Å². The van der Waals surface area contributed by atoms with Gasteiger partial charge in [0.05, 0.1) is 0 Å². The van der Waals surface area contributed by atoms with Gasteiger partial charge >= 0.3 is 0 Å². The van der Waals surface area contributed by atoms with Gasteiger partial charge in [-0.1, -0.05) is 33.6 Å². The molecule has 4 fully saturated rings. The van der Waals surface area contributed by atoms with Crippen LogP contribution in [0.3, 0.4) is 0 Å². The van der Waals surface area contributed by atoms with Crippen LogP contribution in [-0.4, -0.2) is 11.7 Å². The summed E-state index contributed by atoms with van der Waals surface area (Å²) in [4.78, 5) is 0. The Kier molecular flexibility index (Phi) is 5.02. The van der Waals surface area contributed by atoms with E-state index in [1.165, 1.54) is 64.2 Å². The zero-order valence-corrected chi connectivity index (χ0v) is 17.1. The fourth-order valence-corrected chi connectivity index (χ4v) is 8.88. The Morgan fingerprint density at radius 2 is 1.68 bits per heavy atom. The van der Waals surface area contributed by atoms with Gasteiger partial charge in [-0.3, -0.25) is 0 Å². The number of rotatable bonds is 4. The van der Waals surface area contributed by atoms with Crippen molar-refractivity contribution >= 4 is 0 Å². The normalized spacial score (nSPS) is 50.6. The van der Waals surface area contributed by atoms with Gasteiger partial charge in [0.15, 0.2) is 0 Å². The highest BCUT2D eigenvalue weighted by Gasteiger charge is 2.59. The van der Waals surface area contributed by atoms with E-state index in [4.69, 9.17) is 0 Å². The second kappa shape index (κ2) is 6.84. The number of hydrogen-bond acceptors (Lipinski definition) is 1. The van der Waals surface area contributed by atoms with Crippen molar-refractivity contribution in [2.45, 2.75) is 97.8 Å². The van der Waals surface area contributed by atoms with E-state index in [1.54, 1.807) is 6.42 Å². The maximum Gasteiger partial charge on any atom is 0.0431 e. The molecule has 1 heteroatoms. The van der Waals surface area contributed by atoms with Crippen molar-refractivity contribution in [3.63, 3.8) is 0 Å². The maximum absolute atomic E-state index is 9.25. The molecule has 4 rings (SSSR count). The van der Waals surface area contributed by atoms with Crippen LogP contribution in [0.1, 0.15) is 97.8 Å². The summed E-state index contributed by atoms with van der Waals surface area (Å²) in [7, 11) is 0. The monoisotopic (exact) mass is 346 g/mol. The van der Waals surface area contributed by atoms with Crippen molar-refractivity contribution in [3.8, 4) is 0 Å². The first-order valence-electron chi connectivity index (χ1n) is 11.6. The second-order valence-corrected chi connectivity index (χ2v) is 11.0. The minimum Gasteiger partial charge on any atom is -0.396 e. The molecule has 25 heavy (non-hydrogen) atoms. The molecule has 1 N–H and O–H groups in total. The van der Waals surface area contributed by atoms with Crippen molar-refractivity contribution in [1.82, 2.24) is 0 Å². The highest BCUT2D eigenvalue weighted by atomic mass is 16.2. The number of fused-ring (bicyclic) bond motifs is 5. The Morgan fingerprint density at radius 3 is 2.48 bits per heavy atom. The minimum atomic E-state index is 0.377. The summed E-state index contributed by atoms with van der Waals surface area (Å²) < 4.78 is 0. The molecule has 4 aliphatic rings. The van der Waals surface area contributed by atoms with Gasteiger partial charge in [0, 0.05) is 6.61 Å². The van der Waals surface area contributed by atoms with Crippen LogP contribution in [0.4, 0.5) is 0 Å². The summed E-state index contributed by atoms with van der Waals surface area (Å²) in [6, 6.07) is 0. The van der Waals surface area contributed by atoms with Gasteiger partial charge in [0.25, 0.3) is 0 Å². The molecule has 0 aliphatic heterocycles. The van der Waals surface area contributed by atoms with E-state index in [9.17, 15) is 5.11 Å². The van der Waals surface area contributed by atoms with E-state index >= 15 is 0 Å². The smallest absolute Gasteiger partial charge is 0.0431 e. The molecule has 0 unspecified atom stereocenters. The summed E-state index contributed by atoms with van der Waals surface area (Å²) >= 11 is 0. The molecule has 0 radical (unpaired) electrons. The lowest BCUT2D eigenvalue weighted by Crippen LogP contribution is -2.53. The average Bonchev–Trinajstić information content (AvgIpc) is 2.96. The van der Waals surface area contributed by atoms with E-state index < -0.39 is 0 Å². The van der Waals surface area contributed by atoms with E-state index in [1.807, 2.05) is 0 Å². The molecule has 0 saturated heterocycles. The summed E-state index contributed by atoms with van der Waals surface area (Å²) in [6.45, 7) is 8.24. The Labute approximate surface area is 156 Å². The number of aliphatic hydroxyl groups is 1. The van der Waals surface area contributed by atoms with Crippen LogP contribution in [0, 0.1) is 46.3 Å². The highest BCUT2D eigenvalue weighted by molar-refractivity contribution is 5.09. The van der Waals surface area contributed by atoms with Gasteiger partial charge in [0.1, 0.15) is 0 Å². The predicted molar refractivity (Wildman–Crippen MR) is 105 cm³/mol. The molecule has 0 aromatic rings. The van der Waals surface area contributed by atoms with E-state index in [0.29, 0.717) is 17.4 Å². The van der Waals surface area contributed by atoms with Gasteiger partial charge < -0.3 is 5.11 Å². The standard InChI is InChI=1S/C24H42O/c1-17(7-6-16-25)20-11-12-21-19-10-9-18-8-4-5-14-23(18,2)22(19)13-15-24(20,21)3/h17-22,25H,4-16H2,1-3H3/t17-,18-,19-,20+,21-,22-,23+,24+/m1/s1. The fourth-order valence-electron chi connectivity index (χ4n) is 8.88. The van der Waals surface area contributed by atoms with Crippen molar-refractivity contribution in [2.24, 2.45) is 46.3 Å². The molecule has 0 aromatic carbocycles. The van der Waals surface area contributed by atoms with Crippen LogP contribution in [-0.2, 0) is 0 Å². The number of hydrogen-bond donors (Lipinski definition) is 1. The Balaban J connectivity index is 1.53. The first kappa shape index (κ1) is 18.3. The van der Waals surface area contributed by atoms with Crippen LogP contribution in [0.25, 0.3) is 0 Å². The zero-order chi connectivity index (χ0) is 17.7. The molecule has 0 amide bonds. The SMILES string of the molecule is C[C@H](CCCO)[C@@H]1CC[C@@H]2[C@H]3CC[C@H]4CCCC[C@]4(C)[C@@H]3CC[C@]21C. The molecule has 8 atom stereocenters. The van der Waals surface area contributed by atoms with Crippen molar-refractivity contribution in [2.75, 3.05) is 6.61 Å². The lowest BCUT2D eigenvalue weighted by atomic mass is 9.44. The summed E-state index contributed by atoms with van der Waals surface area (Å²) in [5.74, 6) is 5.85. The third kappa shape index (κ3) is 2.82. The molecule has 0 heterocycles. The Morgan fingerprint density at radius 1 is 0.880 bits per heavy atom. The van der Waals surface area contributed by atoms with E-state index in [2.05, 4.69) is 20.8 Å².